The molecule has 0 aliphatic heterocycles. The fourth-order valence-electron chi connectivity index (χ4n) is 2.43. The molecule has 1 heterocycles. The van der Waals surface area contributed by atoms with Crippen molar-refractivity contribution in [3.8, 4) is 0 Å². The molecule has 2 aromatic rings. The molecule has 22 heavy (non-hydrogen) atoms. The highest BCUT2D eigenvalue weighted by Gasteiger charge is 2.02. The Balaban J connectivity index is 1.70. The van der Waals surface area contributed by atoms with Gasteiger partial charge in [-0.2, -0.15) is 0 Å². The molecule has 0 amide bonds. The van der Waals surface area contributed by atoms with Gasteiger partial charge in [-0.15, -0.1) is 0 Å². The van der Waals surface area contributed by atoms with Crippen LogP contribution in [0.4, 0.5) is 0 Å². The molecule has 5 heteroatoms. The number of para-hydroxylation sites is 1. The zero-order valence-electron chi connectivity index (χ0n) is 13.5. The first-order chi connectivity index (χ1) is 10.8. The minimum Gasteiger partial charge on any atom is -0.380 e. The monoisotopic (exact) mass is 302 g/mol. The Labute approximate surface area is 132 Å². The number of aromatic nitrogens is 1. The van der Waals surface area contributed by atoms with Crippen molar-refractivity contribution < 1.29 is 4.74 Å². The van der Waals surface area contributed by atoms with E-state index in [1.165, 1.54) is 16.5 Å². The van der Waals surface area contributed by atoms with E-state index in [9.17, 15) is 0 Å². The SMILES string of the molecule is CCOCCNC(=NC)NCCCc1c[nH]c2ccccc12. The molecule has 1 aromatic heterocycles. The third kappa shape index (κ3) is 4.77. The molecule has 0 spiro atoms. The first kappa shape index (κ1) is 16.4. The van der Waals surface area contributed by atoms with Gasteiger partial charge in [0, 0.05) is 43.8 Å². The number of H-pyrrole nitrogens is 1. The molecule has 2 rings (SSSR count). The van der Waals surface area contributed by atoms with Gasteiger partial charge in [0.05, 0.1) is 6.61 Å². The number of nitrogens with zero attached hydrogens (tertiary/aromatic N) is 1. The number of aliphatic imine (C=N–C) groups is 1. The number of guanidine groups is 1. The van der Waals surface area contributed by atoms with E-state index in [0.29, 0.717) is 6.61 Å². The number of hydrogen-bond donors (Lipinski definition) is 3. The standard InChI is InChI=1S/C17H26N4O/c1-3-22-12-11-20-17(18-2)19-10-6-7-14-13-21-16-9-5-4-8-15(14)16/h4-5,8-9,13,21H,3,6-7,10-12H2,1-2H3,(H2,18,19,20). The zero-order chi connectivity index (χ0) is 15.6. The molecular weight excluding hydrogens is 276 g/mol. The van der Waals surface area contributed by atoms with Gasteiger partial charge in [0.25, 0.3) is 0 Å². The normalized spacial score (nSPS) is 11.8. The summed E-state index contributed by atoms with van der Waals surface area (Å²) in [6.45, 7) is 5.12. The molecule has 0 aliphatic rings. The second-order valence-electron chi connectivity index (χ2n) is 5.09. The van der Waals surface area contributed by atoms with Crippen LogP contribution in [-0.4, -0.2) is 44.3 Å². The van der Waals surface area contributed by atoms with E-state index in [4.69, 9.17) is 4.74 Å². The Kier molecular flexibility index (Phi) is 6.77. The number of hydrogen-bond acceptors (Lipinski definition) is 2. The second kappa shape index (κ2) is 9.10. The van der Waals surface area contributed by atoms with Crippen LogP contribution in [0.2, 0.25) is 0 Å². The quantitative estimate of drug-likeness (QED) is 0.398. The number of benzene rings is 1. The number of rotatable bonds is 8. The van der Waals surface area contributed by atoms with Crippen LogP contribution in [0.15, 0.2) is 35.5 Å². The highest BCUT2D eigenvalue weighted by molar-refractivity contribution is 5.83. The van der Waals surface area contributed by atoms with Gasteiger partial charge in [0.15, 0.2) is 5.96 Å². The molecule has 0 fully saturated rings. The summed E-state index contributed by atoms with van der Waals surface area (Å²) >= 11 is 0. The van der Waals surface area contributed by atoms with Crippen molar-refractivity contribution in [1.29, 1.82) is 0 Å². The van der Waals surface area contributed by atoms with Crippen LogP contribution in [0.25, 0.3) is 10.9 Å². The fourth-order valence-corrected chi connectivity index (χ4v) is 2.43. The minimum atomic E-state index is 0.701. The summed E-state index contributed by atoms with van der Waals surface area (Å²) in [6, 6.07) is 8.42. The van der Waals surface area contributed by atoms with Crippen molar-refractivity contribution in [2.75, 3.05) is 33.4 Å². The molecule has 0 unspecified atom stereocenters. The Morgan fingerprint density at radius 1 is 1.23 bits per heavy atom. The van der Waals surface area contributed by atoms with Crippen LogP contribution in [0.1, 0.15) is 18.9 Å². The third-order valence-electron chi connectivity index (χ3n) is 3.56. The van der Waals surface area contributed by atoms with Gasteiger partial charge in [-0.25, -0.2) is 0 Å². The van der Waals surface area contributed by atoms with Gasteiger partial charge in [0.2, 0.25) is 0 Å². The summed E-state index contributed by atoms with van der Waals surface area (Å²) in [6.07, 6.45) is 4.22. The first-order valence-electron chi connectivity index (χ1n) is 7.92. The molecular formula is C17H26N4O. The summed E-state index contributed by atoms with van der Waals surface area (Å²) in [5.74, 6) is 0.832. The lowest BCUT2D eigenvalue weighted by atomic mass is 10.1. The van der Waals surface area contributed by atoms with Gasteiger partial charge < -0.3 is 20.4 Å². The van der Waals surface area contributed by atoms with E-state index < -0.39 is 0 Å². The molecule has 5 nitrogen and oxygen atoms in total. The van der Waals surface area contributed by atoms with E-state index in [-0.39, 0.29) is 0 Å². The first-order valence-corrected chi connectivity index (χ1v) is 7.92. The van der Waals surface area contributed by atoms with Crippen molar-refractivity contribution in [1.82, 2.24) is 15.6 Å². The topological polar surface area (TPSA) is 61.4 Å². The molecule has 0 aliphatic carbocycles. The number of nitrogens with one attached hydrogen (secondary N) is 3. The Hall–Kier alpha value is -2.01. The number of aryl methyl sites for hydroxylation is 1. The fraction of sp³-hybridized carbons (Fsp3) is 0.471. The summed E-state index contributed by atoms with van der Waals surface area (Å²) in [5, 5.41) is 7.89. The van der Waals surface area contributed by atoms with E-state index in [2.05, 4.69) is 51.1 Å². The highest BCUT2D eigenvalue weighted by Crippen LogP contribution is 2.18. The van der Waals surface area contributed by atoms with Crippen LogP contribution < -0.4 is 10.6 Å². The van der Waals surface area contributed by atoms with Crippen LogP contribution in [0.5, 0.6) is 0 Å². The molecule has 3 N–H and O–H groups in total. The van der Waals surface area contributed by atoms with Crippen molar-refractivity contribution >= 4 is 16.9 Å². The second-order valence-corrected chi connectivity index (χ2v) is 5.09. The average molecular weight is 302 g/mol. The maximum atomic E-state index is 5.30. The molecule has 0 atom stereocenters. The smallest absolute Gasteiger partial charge is 0.191 e. The van der Waals surface area contributed by atoms with Crippen LogP contribution in [0.3, 0.4) is 0 Å². The van der Waals surface area contributed by atoms with Crippen molar-refractivity contribution in [2.24, 2.45) is 4.99 Å². The Morgan fingerprint density at radius 2 is 2.05 bits per heavy atom. The van der Waals surface area contributed by atoms with Gasteiger partial charge in [-0.3, -0.25) is 4.99 Å². The maximum absolute atomic E-state index is 5.30. The highest BCUT2D eigenvalue weighted by atomic mass is 16.5. The van der Waals surface area contributed by atoms with Gasteiger partial charge in [0.1, 0.15) is 0 Å². The molecule has 0 bridgehead atoms. The van der Waals surface area contributed by atoms with Crippen molar-refractivity contribution in [3.63, 3.8) is 0 Å². The Bertz CT molecular complexity index is 591. The number of ether oxygens (including phenoxy) is 1. The number of fused-ring (bicyclic) bond motifs is 1. The maximum Gasteiger partial charge on any atom is 0.191 e. The lowest BCUT2D eigenvalue weighted by molar-refractivity contribution is 0.152. The number of aromatic amines is 1. The van der Waals surface area contributed by atoms with Gasteiger partial charge in [-0.05, 0) is 31.4 Å². The van der Waals surface area contributed by atoms with E-state index in [1.807, 2.05) is 6.92 Å². The van der Waals surface area contributed by atoms with Crippen molar-refractivity contribution in [2.45, 2.75) is 19.8 Å². The summed E-state index contributed by atoms with van der Waals surface area (Å²) in [7, 11) is 1.79. The molecule has 0 saturated carbocycles. The van der Waals surface area contributed by atoms with Gasteiger partial charge >= 0.3 is 0 Å². The van der Waals surface area contributed by atoms with Crippen LogP contribution >= 0.6 is 0 Å². The van der Waals surface area contributed by atoms with Crippen molar-refractivity contribution in [3.05, 3.63) is 36.0 Å². The summed E-state index contributed by atoms with van der Waals surface area (Å²) < 4.78 is 5.30. The zero-order valence-corrected chi connectivity index (χ0v) is 13.5. The Morgan fingerprint density at radius 3 is 2.86 bits per heavy atom. The van der Waals surface area contributed by atoms with E-state index in [1.54, 1.807) is 7.05 Å². The third-order valence-corrected chi connectivity index (χ3v) is 3.56. The lowest BCUT2D eigenvalue weighted by Crippen LogP contribution is -2.39. The predicted octanol–water partition coefficient (Wildman–Crippen LogP) is 2.30. The molecule has 0 radical (unpaired) electrons. The van der Waals surface area contributed by atoms with Gasteiger partial charge in [-0.1, -0.05) is 18.2 Å². The predicted molar refractivity (Wildman–Crippen MR) is 92.5 cm³/mol. The minimum absolute atomic E-state index is 0.701. The van der Waals surface area contributed by atoms with E-state index >= 15 is 0 Å². The van der Waals surface area contributed by atoms with Crippen LogP contribution in [-0.2, 0) is 11.2 Å². The lowest BCUT2D eigenvalue weighted by Gasteiger charge is -2.11. The summed E-state index contributed by atoms with van der Waals surface area (Å²) in [4.78, 5) is 7.52. The molecule has 1 aromatic carbocycles. The largest absolute Gasteiger partial charge is 0.380 e. The molecule has 120 valence electrons. The van der Waals surface area contributed by atoms with Crippen LogP contribution in [0, 0.1) is 0 Å². The average Bonchev–Trinajstić information content (AvgIpc) is 2.97. The van der Waals surface area contributed by atoms with E-state index in [0.717, 1.165) is 38.5 Å². The summed E-state index contributed by atoms with van der Waals surface area (Å²) in [5.41, 5.74) is 2.58. The molecule has 0 saturated heterocycles.